The van der Waals surface area contributed by atoms with Crippen molar-refractivity contribution >= 4 is 0 Å². The van der Waals surface area contributed by atoms with Crippen molar-refractivity contribution in [3.8, 4) is 0 Å². The molecule has 0 radical (unpaired) electrons. The Balaban J connectivity index is -0.0000000450. The van der Waals surface area contributed by atoms with E-state index in [4.69, 9.17) is 0 Å². The summed E-state index contributed by atoms with van der Waals surface area (Å²) in [6, 6.07) is 0. The molecule has 0 aromatic heterocycles. The smallest absolute Gasteiger partial charge is 0 e. The van der Waals surface area contributed by atoms with Crippen molar-refractivity contribution in [2.24, 2.45) is 0 Å². The van der Waals surface area contributed by atoms with Gasteiger partial charge < -0.3 is 0 Å². The molecule has 0 atom stereocenters. The predicted octanol–water partition coefficient (Wildman–Crippen LogP) is 1.39. The van der Waals surface area contributed by atoms with Crippen molar-refractivity contribution in [2.75, 3.05) is 0 Å². The SMILES string of the molecule is [CH2-]C=CC.[Mo].[Zn]. The quantitative estimate of drug-likeness (QED) is 0.424. The molecule has 0 N–H and O–H groups in total. The molecule has 0 saturated carbocycles. The van der Waals surface area contributed by atoms with E-state index < -0.39 is 0 Å². The molecule has 0 aliphatic rings. The summed E-state index contributed by atoms with van der Waals surface area (Å²) >= 11 is 0. The van der Waals surface area contributed by atoms with E-state index in [1.807, 2.05) is 13.0 Å². The van der Waals surface area contributed by atoms with Gasteiger partial charge in [0.25, 0.3) is 0 Å². The molecule has 2 heteroatoms. The monoisotopic (exact) mass is 217 g/mol. The Bertz CT molecular complexity index is 22.7. The van der Waals surface area contributed by atoms with Gasteiger partial charge in [-0.25, -0.2) is 19.1 Å². The number of allylic oxidation sites excluding steroid dienone is 2. The number of hydrogen-bond acceptors (Lipinski definition) is 0. The van der Waals surface area contributed by atoms with E-state index in [0.29, 0.717) is 0 Å². The Hall–Kier alpha value is 0.922. The van der Waals surface area contributed by atoms with E-state index in [0.717, 1.165) is 0 Å². The average molecular weight is 216 g/mol. The maximum atomic E-state index is 3.42. The zero-order valence-corrected chi connectivity index (χ0v) is 8.95. The van der Waals surface area contributed by atoms with Crippen molar-refractivity contribution in [1.29, 1.82) is 0 Å². The summed E-state index contributed by atoms with van der Waals surface area (Å²) in [6.07, 6.45) is 3.64. The van der Waals surface area contributed by atoms with Gasteiger partial charge in [-0.15, -0.1) is 6.92 Å². The van der Waals surface area contributed by atoms with E-state index in [9.17, 15) is 0 Å². The van der Waals surface area contributed by atoms with Gasteiger partial charge in [0.2, 0.25) is 0 Å². The van der Waals surface area contributed by atoms with Crippen molar-refractivity contribution in [1.82, 2.24) is 0 Å². The zero-order chi connectivity index (χ0) is 3.41. The molecule has 0 amide bonds. The minimum atomic E-state index is 0. The summed E-state index contributed by atoms with van der Waals surface area (Å²) in [4.78, 5) is 0. The first-order valence-corrected chi connectivity index (χ1v) is 1.32. The third-order valence-electron chi connectivity index (χ3n) is 0.236. The van der Waals surface area contributed by atoms with Crippen LogP contribution in [0.4, 0.5) is 0 Å². The van der Waals surface area contributed by atoms with Gasteiger partial charge in [0.15, 0.2) is 0 Å². The topological polar surface area (TPSA) is 0 Å². The predicted molar refractivity (Wildman–Crippen MR) is 20.2 cm³/mol. The minimum absolute atomic E-state index is 0. The van der Waals surface area contributed by atoms with Gasteiger partial charge in [0.05, 0.1) is 0 Å². The first-order valence-electron chi connectivity index (χ1n) is 1.32. The fourth-order valence-corrected chi connectivity index (χ4v) is 0. The van der Waals surface area contributed by atoms with Gasteiger partial charge in [0, 0.05) is 40.5 Å². The molecule has 0 spiro atoms. The van der Waals surface area contributed by atoms with E-state index in [-0.39, 0.29) is 40.5 Å². The minimum Gasteiger partial charge on any atom is -0.245 e. The fourth-order valence-electron chi connectivity index (χ4n) is 0. The van der Waals surface area contributed by atoms with Crippen LogP contribution < -0.4 is 0 Å². The van der Waals surface area contributed by atoms with Gasteiger partial charge in [-0.2, -0.15) is 0 Å². The second-order valence-electron chi connectivity index (χ2n) is 0.569. The van der Waals surface area contributed by atoms with Crippen molar-refractivity contribution in [3.05, 3.63) is 19.1 Å². The van der Waals surface area contributed by atoms with Crippen LogP contribution in [0.3, 0.4) is 0 Å². The first kappa shape index (κ1) is 15.8. The van der Waals surface area contributed by atoms with E-state index in [1.54, 1.807) is 6.08 Å². The van der Waals surface area contributed by atoms with Crippen LogP contribution >= 0.6 is 0 Å². The van der Waals surface area contributed by atoms with Crippen LogP contribution in [0.1, 0.15) is 6.92 Å². The molecule has 0 aliphatic heterocycles. The molecule has 6 heavy (non-hydrogen) atoms. The molecular weight excluding hydrogens is 209 g/mol. The maximum absolute atomic E-state index is 3.42. The normalized spacial score (nSPS) is 6.17. The number of rotatable bonds is 0. The third kappa shape index (κ3) is 20.5. The van der Waals surface area contributed by atoms with Crippen molar-refractivity contribution in [3.63, 3.8) is 0 Å². The Morgan fingerprint density at radius 3 is 1.67 bits per heavy atom. The van der Waals surface area contributed by atoms with Crippen LogP contribution in [0.2, 0.25) is 0 Å². The molecule has 32 valence electrons. The maximum Gasteiger partial charge on any atom is 0 e. The molecule has 0 heterocycles. The fraction of sp³-hybridized carbons (Fsp3) is 0.250. The third-order valence-corrected chi connectivity index (χ3v) is 0.236. The van der Waals surface area contributed by atoms with Gasteiger partial charge >= 0.3 is 0 Å². The Labute approximate surface area is 66.4 Å². The molecule has 0 rings (SSSR count). The Morgan fingerprint density at radius 2 is 1.67 bits per heavy atom. The zero-order valence-electron chi connectivity index (χ0n) is 3.98. The summed E-state index contributed by atoms with van der Waals surface area (Å²) in [6.45, 7) is 5.36. The molecule has 0 fully saturated rings. The summed E-state index contributed by atoms with van der Waals surface area (Å²) in [5.41, 5.74) is 0. The first-order chi connectivity index (χ1) is 1.91. The van der Waals surface area contributed by atoms with Crippen LogP contribution in [0.5, 0.6) is 0 Å². The van der Waals surface area contributed by atoms with E-state index >= 15 is 0 Å². The van der Waals surface area contributed by atoms with Crippen LogP contribution in [-0.2, 0) is 40.5 Å². The second-order valence-corrected chi connectivity index (χ2v) is 0.569. The van der Waals surface area contributed by atoms with Crippen LogP contribution in [-0.4, -0.2) is 0 Å². The largest absolute Gasteiger partial charge is 0.245 e. The second kappa shape index (κ2) is 16.8. The molecule has 0 aromatic rings. The van der Waals surface area contributed by atoms with Gasteiger partial charge in [-0.1, -0.05) is 0 Å². The number of hydrogen-bond donors (Lipinski definition) is 0. The van der Waals surface area contributed by atoms with Gasteiger partial charge in [0.1, 0.15) is 0 Å². The summed E-state index contributed by atoms with van der Waals surface area (Å²) in [5.74, 6) is 0. The van der Waals surface area contributed by atoms with Crippen molar-refractivity contribution in [2.45, 2.75) is 6.92 Å². The van der Waals surface area contributed by atoms with Crippen LogP contribution in [0.15, 0.2) is 12.2 Å². The molecule has 0 aromatic carbocycles. The van der Waals surface area contributed by atoms with Gasteiger partial charge in [-0.05, 0) is 0 Å². The van der Waals surface area contributed by atoms with Crippen LogP contribution in [0.25, 0.3) is 0 Å². The standard InChI is InChI=1S/C4H7.Mo.Zn/c1-3-4-2;;/h3-4H,1H2,2H3;;/q-1;;. The van der Waals surface area contributed by atoms with Crippen molar-refractivity contribution < 1.29 is 40.5 Å². The van der Waals surface area contributed by atoms with E-state index in [2.05, 4.69) is 6.92 Å². The summed E-state index contributed by atoms with van der Waals surface area (Å²) in [5, 5.41) is 0. The molecule has 0 bridgehead atoms. The summed E-state index contributed by atoms with van der Waals surface area (Å²) < 4.78 is 0. The molecule has 0 aliphatic carbocycles. The summed E-state index contributed by atoms with van der Waals surface area (Å²) in [7, 11) is 0. The average Bonchev–Trinajstić information content (AvgIpc) is 1.37. The molecule has 0 nitrogen and oxygen atoms in total. The van der Waals surface area contributed by atoms with E-state index in [1.165, 1.54) is 0 Å². The molecule has 0 unspecified atom stereocenters. The molecular formula is C4H7MoZn-. The Kier molecular flexibility index (Phi) is 44.2. The molecule has 0 saturated heterocycles. The van der Waals surface area contributed by atoms with Crippen LogP contribution in [0, 0.1) is 6.92 Å². The Morgan fingerprint density at radius 1 is 1.50 bits per heavy atom. The van der Waals surface area contributed by atoms with Gasteiger partial charge in [-0.3, -0.25) is 0 Å².